The molecular formula is C16H16BrClN2O. The maximum Gasteiger partial charge on any atom is 0.225 e. The van der Waals surface area contributed by atoms with Crippen LogP contribution in [0.1, 0.15) is 24.8 Å². The molecule has 0 radical (unpaired) electrons. The molecular weight excluding hydrogens is 352 g/mol. The predicted molar refractivity (Wildman–Crippen MR) is 91.7 cm³/mol. The van der Waals surface area contributed by atoms with Crippen molar-refractivity contribution < 1.29 is 4.79 Å². The summed E-state index contributed by atoms with van der Waals surface area (Å²) < 4.78 is 0.767. The highest BCUT2D eigenvalue weighted by molar-refractivity contribution is 9.10. The van der Waals surface area contributed by atoms with Crippen molar-refractivity contribution in [2.24, 2.45) is 0 Å². The summed E-state index contributed by atoms with van der Waals surface area (Å²) in [7, 11) is 0. The zero-order valence-corrected chi connectivity index (χ0v) is 13.9. The Kier molecular flexibility index (Phi) is 5.26. The van der Waals surface area contributed by atoms with Crippen LogP contribution in [0.5, 0.6) is 0 Å². The van der Waals surface area contributed by atoms with E-state index in [-0.39, 0.29) is 11.8 Å². The summed E-state index contributed by atoms with van der Waals surface area (Å²) in [5.41, 5.74) is 8.20. The van der Waals surface area contributed by atoms with Crippen molar-refractivity contribution in [2.45, 2.75) is 19.3 Å². The molecule has 0 spiro atoms. The Labute approximate surface area is 137 Å². The SMILES string of the molecule is CC(CC(=O)Nc1ccc(Cl)cc1Br)c1ccc(N)cc1. The van der Waals surface area contributed by atoms with Crippen LogP contribution in [-0.4, -0.2) is 5.91 Å². The average molecular weight is 368 g/mol. The van der Waals surface area contributed by atoms with Gasteiger partial charge in [-0.25, -0.2) is 0 Å². The number of benzene rings is 2. The van der Waals surface area contributed by atoms with Gasteiger partial charge in [0.2, 0.25) is 5.91 Å². The lowest BCUT2D eigenvalue weighted by molar-refractivity contribution is -0.116. The molecule has 1 amide bonds. The summed E-state index contributed by atoms with van der Waals surface area (Å²) in [6.07, 6.45) is 0.402. The number of hydrogen-bond acceptors (Lipinski definition) is 2. The molecule has 110 valence electrons. The van der Waals surface area contributed by atoms with E-state index in [0.717, 1.165) is 15.7 Å². The fourth-order valence-electron chi connectivity index (χ4n) is 2.01. The van der Waals surface area contributed by atoms with Gasteiger partial charge in [-0.1, -0.05) is 30.7 Å². The molecule has 0 aliphatic rings. The summed E-state index contributed by atoms with van der Waals surface area (Å²) >= 11 is 9.26. The van der Waals surface area contributed by atoms with Crippen molar-refractivity contribution in [3.8, 4) is 0 Å². The number of carbonyl (C=O) groups is 1. The molecule has 2 aromatic rings. The van der Waals surface area contributed by atoms with Gasteiger partial charge in [0.15, 0.2) is 0 Å². The molecule has 3 N–H and O–H groups in total. The number of nitrogen functional groups attached to an aromatic ring is 1. The van der Waals surface area contributed by atoms with Crippen LogP contribution < -0.4 is 11.1 Å². The molecule has 3 nitrogen and oxygen atoms in total. The quantitative estimate of drug-likeness (QED) is 0.761. The number of nitrogens with two attached hydrogens (primary N) is 1. The second-order valence-corrected chi connectivity index (χ2v) is 6.23. The standard InChI is InChI=1S/C16H16BrClN2O/c1-10(11-2-5-13(19)6-3-11)8-16(21)20-15-7-4-12(18)9-14(15)17/h2-7,9-10H,8,19H2,1H3,(H,20,21). The predicted octanol–water partition coefficient (Wildman–Crippen LogP) is 4.82. The van der Waals surface area contributed by atoms with Gasteiger partial charge in [-0.15, -0.1) is 0 Å². The maximum absolute atomic E-state index is 12.1. The third kappa shape index (κ3) is 4.48. The van der Waals surface area contributed by atoms with Crippen molar-refractivity contribution in [1.29, 1.82) is 0 Å². The number of rotatable bonds is 4. The molecule has 0 heterocycles. The zero-order chi connectivity index (χ0) is 15.4. The first-order chi connectivity index (χ1) is 9.95. The number of amides is 1. The highest BCUT2D eigenvalue weighted by Crippen LogP contribution is 2.27. The second kappa shape index (κ2) is 6.96. The Balaban J connectivity index is 1.99. The molecule has 0 saturated heterocycles. The second-order valence-electron chi connectivity index (χ2n) is 4.94. The number of anilines is 2. The van der Waals surface area contributed by atoms with Crippen LogP contribution in [-0.2, 0) is 4.79 Å². The van der Waals surface area contributed by atoms with E-state index >= 15 is 0 Å². The molecule has 0 bridgehead atoms. The van der Waals surface area contributed by atoms with Crippen molar-refractivity contribution in [1.82, 2.24) is 0 Å². The smallest absolute Gasteiger partial charge is 0.225 e. The molecule has 0 saturated carbocycles. The van der Waals surface area contributed by atoms with Gasteiger partial charge in [0.05, 0.1) is 5.69 Å². The summed E-state index contributed by atoms with van der Waals surface area (Å²) in [5, 5.41) is 3.50. The van der Waals surface area contributed by atoms with Gasteiger partial charge in [-0.2, -0.15) is 0 Å². The minimum atomic E-state index is -0.0395. The average Bonchev–Trinajstić information content (AvgIpc) is 2.42. The Hall–Kier alpha value is -1.52. The minimum absolute atomic E-state index is 0.0395. The summed E-state index contributed by atoms with van der Waals surface area (Å²) in [4.78, 5) is 12.1. The minimum Gasteiger partial charge on any atom is -0.399 e. The number of nitrogens with one attached hydrogen (secondary N) is 1. The maximum atomic E-state index is 12.1. The van der Waals surface area contributed by atoms with E-state index in [0.29, 0.717) is 17.1 Å². The van der Waals surface area contributed by atoms with Crippen molar-refractivity contribution in [3.63, 3.8) is 0 Å². The van der Waals surface area contributed by atoms with Gasteiger partial charge >= 0.3 is 0 Å². The van der Waals surface area contributed by atoms with Crippen LogP contribution in [0.25, 0.3) is 0 Å². The Morgan fingerprint density at radius 2 is 1.95 bits per heavy atom. The molecule has 21 heavy (non-hydrogen) atoms. The molecule has 2 rings (SSSR count). The molecule has 2 aromatic carbocycles. The van der Waals surface area contributed by atoms with E-state index in [9.17, 15) is 4.79 Å². The number of halogens is 2. The van der Waals surface area contributed by atoms with E-state index in [1.54, 1.807) is 18.2 Å². The van der Waals surface area contributed by atoms with Crippen LogP contribution in [0.15, 0.2) is 46.9 Å². The Morgan fingerprint density at radius 1 is 1.29 bits per heavy atom. The Morgan fingerprint density at radius 3 is 2.57 bits per heavy atom. The topological polar surface area (TPSA) is 55.1 Å². The fourth-order valence-corrected chi connectivity index (χ4v) is 2.79. The first-order valence-electron chi connectivity index (χ1n) is 6.56. The molecule has 1 unspecified atom stereocenters. The molecule has 1 atom stereocenters. The van der Waals surface area contributed by atoms with Gasteiger partial charge < -0.3 is 11.1 Å². The van der Waals surface area contributed by atoms with Gasteiger partial charge in [0.1, 0.15) is 0 Å². The summed E-state index contributed by atoms with van der Waals surface area (Å²) in [6.45, 7) is 2.02. The lowest BCUT2D eigenvalue weighted by atomic mass is 9.97. The molecule has 0 aliphatic carbocycles. The van der Waals surface area contributed by atoms with E-state index in [1.807, 2.05) is 31.2 Å². The van der Waals surface area contributed by atoms with Crippen LogP contribution in [0.4, 0.5) is 11.4 Å². The third-order valence-corrected chi connectivity index (χ3v) is 4.09. The van der Waals surface area contributed by atoms with E-state index in [2.05, 4.69) is 21.2 Å². The van der Waals surface area contributed by atoms with E-state index in [1.165, 1.54) is 0 Å². The lowest BCUT2D eigenvalue weighted by Crippen LogP contribution is -2.14. The molecule has 0 aliphatic heterocycles. The Bertz CT molecular complexity index is 643. The molecule has 0 fully saturated rings. The highest BCUT2D eigenvalue weighted by atomic mass is 79.9. The first kappa shape index (κ1) is 15.9. The van der Waals surface area contributed by atoms with Gasteiger partial charge in [0.25, 0.3) is 0 Å². The molecule has 0 aromatic heterocycles. The van der Waals surface area contributed by atoms with Crippen LogP contribution >= 0.6 is 27.5 Å². The van der Waals surface area contributed by atoms with Crippen molar-refractivity contribution >= 4 is 44.8 Å². The number of hydrogen-bond donors (Lipinski definition) is 2. The third-order valence-electron chi connectivity index (χ3n) is 3.20. The van der Waals surface area contributed by atoms with Crippen LogP contribution in [0, 0.1) is 0 Å². The van der Waals surface area contributed by atoms with Gasteiger partial charge in [0, 0.05) is 21.6 Å². The highest BCUT2D eigenvalue weighted by Gasteiger charge is 2.12. The van der Waals surface area contributed by atoms with Crippen molar-refractivity contribution in [3.05, 3.63) is 57.5 Å². The van der Waals surface area contributed by atoms with E-state index in [4.69, 9.17) is 17.3 Å². The first-order valence-corrected chi connectivity index (χ1v) is 7.73. The van der Waals surface area contributed by atoms with Crippen molar-refractivity contribution in [2.75, 3.05) is 11.1 Å². The number of carbonyl (C=O) groups excluding carboxylic acids is 1. The fraction of sp³-hybridized carbons (Fsp3) is 0.188. The lowest BCUT2D eigenvalue weighted by Gasteiger charge is -2.13. The monoisotopic (exact) mass is 366 g/mol. The van der Waals surface area contributed by atoms with Gasteiger partial charge in [-0.3, -0.25) is 4.79 Å². The van der Waals surface area contributed by atoms with Gasteiger partial charge in [-0.05, 0) is 57.7 Å². The summed E-state index contributed by atoms with van der Waals surface area (Å²) in [5.74, 6) is 0.0824. The largest absolute Gasteiger partial charge is 0.399 e. The zero-order valence-electron chi connectivity index (χ0n) is 11.6. The molecule has 5 heteroatoms. The van der Waals surface area contributed by atoms with E-state index < -0.39 is 0 Å². The summed E-state index contributed by atoms with van der Waals surface area (Å²) in [6, 6.07) is 12.9. The normalized spacial score (nSPS) is 12.0. The van der Waals surface area contributed by atoms with Crippen LogP contribution in [0.3, 0.4) is 0 Å². The van der Waals surface area contributed by atoms with Crippen LogP contribution in [0.2, 0.25) is 5.02 Å².